The zero-order valence-corrected chi connectivity index (χ0v) is 14.7. The highest BCUT2D eigenvalue weighted by atomic mass is 16.5. The van der Waals surface area contributed by atoms with Crippen LogP contribution >= 0.6 is 0 Å². The van der Waals surface area contributed by atoms with Crippen LogP contribution in [0.25, 0.3) is 0 Å². The molecule has 0 aliphatic carbocycles. The van der Waals surface area contributed by atoms with Gasteiger partial charge in [0.1, 0.15) is 5.75 Å². The molecule has 25 heavy (non-hydrogen) atoms. The van der Waals surface area contributed by atoms with Gasteiger partial charge in [0.05, 0.1) is 5.69 Å². The molecule has 3 rings (SSSR count). The maximum Gasteiger partial charge on any atom is 0.227 e. The topological polar surface area (TPSA) is 82.7 Å². The van der Waals surface area contributed by atoms with Gasteiger partial charge >= 0.3 is 0 Å². The molecule has 0 unspecified atom stereocenters. The zero-order chi connectivity index (χ0) is 17.8. The van der Waals surface area contributed by atoms with Crippen molar-refractivity contribution in [2.45, 2.75) is 32.6 Å². The van der Waals surface area contributed by atoms with E-state index in [-0.39, 0.29) is 17.6 Å². The molecule has 1 fully saturated rings. The van der Waals surface area contributed by atoms with Gasteiger partial charge in [0.15, 0.2) is 5.82 Å². The van der Waals surface area contributed by atoms with Crippen LogP contribution in [0.5, 0.6) is 5.75 Å². The van der Waals surface area contributed by atoms with Gasteiger partial charge in [-0.15, -0.1) is 0 Å². The number of phenols is 1. The van der Waals surface area contributed by atoms with Crippen molar-refractivity contribution in [1.29, 1.82) is 0 Å². The van der Waals surface area contributed by atoms with Crippen LogP contribution in [-0.4, -0.2) is 52.2 Å². The molecule has 1 aliphatic heterocycles. The fraction of sp³-hybridized carbons (Fsp3) is 0.500. The van der Waals surface area contributed by atoms with Gasteiger partial charge in [0, 0.05) is 44.9 Å². The number of amides is 1. The molecule has 1 aromatic carbocycles. The summed E-state index contributed by atoms with van der Waals surface area (Å²) in [6.45, 7) is 6.72. The quantitative estimate of drug-likeness (QED) is 0.895. The van der Waals surface area contributed by atoms with Crippen LogP contribution in [0.15, 0.2) is 28.8 Å². The van der Waals surface area contributed by atoms with E-state index in [2.05, 4.69) is 15.0 Å². The molecule has 0 spiro atoms. The standard InChI is InChI=1S/C18H24N4O3/c1-13(2)18-19-16(25-20-18)7-8-17(24)22-11-9-21(10-12-22)14-5-3-4-6-15(14)23/h3-6,13,23H,7-12H2,1-2H3. The number of hydrogen-bond acceptors (Lipinski definition) is 6. The molecule has 0 atom stereocenters. The second-order valence-corrected chi connectivity index (χ2v) is 6.56. The van der Waals surface area contributed by atoms with Gasteiger partial charge in [-0.3, -0.25) is 4.79 Å². The highest BCUT2D eigenvalue weighted by molar-refractivity contribution is 5.76. The van der Waals surface area contributed by atoms with E-state index in [1.165, 1.54) is 0 Å². The largest absolute Gasteiger partial charge is 0.506 e. The van der Waals surface area contributed by atoms with Crippen molar-refractivity contribution < 1.29 is 14.4 Å². The van der Waals surface area contributed by atoms with Crippen LogP contribution in [0.4, 0.5) is 5.69 Å². The van der Waals surface area contributed by atoms with E-state index < -0.39 is 0 Å². The first-order chi connectivity index (χ1) is 12.0. The van der Waals surface area contributed by atoms with E-state index in [9.17, 15) is 9.90 Å². The van der Waals surface area contributed by atoms with Crippen molar-refractivity contribution in [2.24, 2.45) is 0 Å². The molecule has 1 aromatic heterocycles. The summed E-state index contributed by atoms with van der Waals surface area (Å²) < 4.78 is 5.18. The summed E-state index contributed by atoms with van der Waals surface area (Å²) in [4.78, 5) is 20.7. The number of rotatable bonds is 5. The van der Waals surface area contributed by atoms with Crippen molar-refractivity contribution in [2.75, 3.05) is 31.1 Å². The minimum absolute atomic E-state index is 0.0984. The Morgan fingerprint density at radius 2 is 1.96 bits per heavy atom. The number of anilines is 1. The van der Waals surface area contributed by atoms with E-state index in [0.717, 1.165) is 5.69 Å². The Bertz CT molecular complexity index is 721. The Balaban J connectivity index is 1.49. The first kappa shape index (κ1) is 17.3. The van der Waals surface area contributed by atoms with Gasteiger partial charge in [-0.2, -0.15) is 4.98 Å². The number of aromatic nitrogens is 2. The average Bonchev–Trinajstić information content (AvgIpc) is 3.10. The third-order valence-corrected chi connectivity index (χ3v) is 4.41. The molecule has 1 N–H and O–H groups in total. The fourth-order valence-corrected chi connectivity index (χ4v) is 2.90. The molecular weight excluding hydrogens is 320 g/mol. The zero-order valence-electron chi connectivity index (χ0n) is 14.7. The first-order valence-electron chi connectivity index (χ1n) is 8.68. The molecule has 1 aliphatic rings. The molecule has 7 nitrogen and oxygen atoms in total. The number of carbonyl (C=O) groups excluding carboxylic acids is 1. The van der Waals surface area contributed by atoms with Crippen LogP contribution in [0.2, 0.25) is 0 Å². The van der Waals surface area contributed by atoms with E-state index in [1.807, 2.05) is 30.9 Å². The summed E-state index contributed by atoms with van der Waals surface area (Å²) in [7, 11) is 0. The number of hydrogen-bond donors (Lipinski definition) is 1. The lowest BCUT2D eigenvalue weighted by atomic mass is 10.2. The number of para-hydroxylation sites is 2. The normalized spacial score (nSPS) is 15.0. The molecule has 0 saturated carbocycles. The molecule has 0 radical (unpaired) electrons. The second kappa shape index (κ2) is 7.55. The monoisotopic (exact) mass is 344 g/mol. The third-order valence-electron chi connectivity index (χ3n) is 4.41. The Kier molecular flexibility index (Phi) is 5.21. The number of carbonyl (C=O) groups is 1. The minimum Gasteiger partial charge on any atom is -0.506 e. The molecule has 2 aromatic rings. The smallest absolute Gasteiger partial charge is 0.227 e. The number of phenolic OH excluding ortho intramolecular Hbond substituents is 1. The van der Waals surface area contributed by atoms with Crippen LogP contribution in [0.1, 0.15) is 37.9 Å². The Labute approximate surface area is 147 Å². The van der Waals surface area contributed by atoms with Crippen LogP contribution in [0, 0.1) is 0 Å². The summed E-state index contributed by atoms with van der Waals surface area (Å²) in [5.74, 6) is 1.79. The molecule has 1 saturated heterocycles. The van der Waals surface area contributed by atoms with Crippen molar-refractivity contribution in [3.8, 4) is 5.75 Å². The van der Waals surface area contributed by atoms with E-state index in [0.29, 0.717) is 50.7 Å². The maximum absolute atomic E-state index is 12.4. The lowest BCUT2D eigenvalue weighted by molar-refractivity contribution is -0.131. The van der Waals surface area contributed by atoms with Crippen molar-refractivity contribution in [3.05, 3.63) is 36.0 Å². The predicted octanol–water partition coefficient (Wildman–Crippen LogP) is 2.18. The minimum atomic E-state index is 0.0984. The van der Waals surface area contributed by atoms with Gasteiger partial charge in [-0.05, 0) is 12.1 Å². The lowest BCUT2D eigenvalue weighted by Crippen LogP contribution is -2.48. The Morgan fingerprint density at radius 3 is 2.60 bits per heavy atom. The Morgan fingerprint density at radius 1 is 1.24 bits per heavy atom. The molecule has 0 bridgehead atoms. The van der Waals surface area contributed by atoms with Gasteiger partial charge in [0.25, 0.3) is 0 Å². The van der Waals surface area contributed by atoms with E-state index >= 15 is 0 Å². The number of benzene rings is 1. The molecule has 7 heteroatoms. The SMILES string of the molecule is CC(C)c1noc(CCC(=O)N2CCN(c3ccccc3O)CC2)n1. The van der Waals surface area contributed by atoms with Crippen molar-refractivity contribution in [1.82, 2.24) is 15.0 Å². The number of piperazine rings is 1. The summed E-state index contributed by atoms with van der Waals surface area (Å²) in [6, 6.07) is 7.29. The number of aryl methyl sites for hydroxylation is 1. The maximum atomic E-state index is 12.4. The second-order valence-electron chi connectivity index (χ2n) is 6.56. The number of nitrogens with zero attached hydrogens (tertiary/aromatic N) is 4. The summed E-state index contributed by atoms with van der Waals surface area (Å²) >= 11 is 0. The molecule has 1 amide bonds. The summed E-state index contributed by atoms with van der Waals surface area (Å²) in [6.07, 6.45) is 0.842. The van der Waals surface area contributed by atoms with Gasteiger partial charge in [-0.25, -0.2) is 0 Å². The first-order valence-corrected chi connectivity index (χ1v) is 8.68. The summed E-state index contributed by atoms with van der Waals surface area (Å²) in [5.41, 5.74) is 0.821. The number of aromatic hydroxyl groups is 1. The van der Waals surface area contributed by atoms with Crippen molar-refractivity contribution >= 4 is 11.6 Å². The third kappa shape index (κ3) is 4.10. The molecule has 134 valence electrons. The van der Waals surface area contributed by atoms with Gasteiger partial charge in [0.2, 0.25) is 11.8 Å². The Hall–Kier alpha value is -2.57. The van der Waals surface area contributed by atoms with Gasteiger partial charge < -0.3 is 19.4 Å². The molecule has 2 heterocycles. The lowest BCUT2D eigenvalue weighted by Gasteiger charge is -2.36. The van der Waals surface area contributed by atoms with Crippen LogP contribution < -0.4 is 4.90 Å². The fourth-order valence-electron chi connectivity index (χ4n) is 2.90. The summed E-state index contributed by atoms with van der Waals surface area (Å²) in [5, 5.41) is 13.9. The van der Waals surface area contributed by atoms with Crippen LogP contribution in [0.3, 0.4) is 0 Å². The van der Waals surface area contributed by atoms with E-state index in [1.54, 1.807) is 12.1 Å². The van der Waals surface area contributed by atoms with Gasteiger partial charge in [-0.1, -0.05) is 31.1 Å². The highest BCUT2D eigenvalue weighted by Crippen LogP contribution is 2.27. The van der Waals surface area contributed by atoms with E-state index in [4.69, 9.17) is 4.52 Å². The van der Waals surface area contributed by atoms with Crippen molar-refractivity contribution in [3.63, 3.8) is 0 Å². The van der Waals surface area contributed by atoms with Crippen LogP contribution in [-0.2, 0) is 11.2 Å². The highest BCUT2D eigenvalue weighted by Gasteiger charge is 2.23. The average molecular weight is 344 g/mol. The predicted molar refractivity (Wildman–Crippen MR) is 93.6 cm³/mol. The molecular formula is C18H24N4O3.